The van der Waals surface area contributed by atoms with Crippen LogP contribution in [-0.4, -0.2) is 47.0 Å². The van der Waals surface area contributed by atoms with Crippen LogP contribution in [0.5, 0.6) is 5.75 Å². The monoisotopic (exact) mass is 424 g/mol. The zero-order valence-electron chi connectivity index (χ0n) is 17.0. The van der Waals surface area contributed by atoms with E-state index in [1.165, 1.54) is 43.3 Å². The van der Waals surface area contributed by atoms with E-state index in [0.29, 0.717) is 11.0 Å². The van der Waals surface area contributed by atoms with Crippen molar-refractivity contribution in [1.29, 1.82) is 0 Å². The van der Waals surface area contributed by atoms with E-state index in [1.807, 2.05) is 36.4 Å². The van der Waals surface area contributed by atoms with Gasteiger partial charge in [-0.25, -0.2) is 4.98 Å². The van der Waals surface area contributed by atoms with Crippen molar-refractivity contribution in [2.45, 2.75) is 24.5 Å². The normalized spacial score (nSPS) is 14.0. The number of H-pyrrole nitrogens is 1. The molecule has 0 aliphatic carbocycles. The van der Waals surface area contributed by atoms with Gasteiger partial charge in [-0.1, -0.05) is 23.9 Å². The molecule has 0 bridgehead atoms. The van der Waals surface area contributed by atoms with Gasteiger partial charge < -0.3 is 15.0 Å². The van der Waals surface area contributed by atoms with Gasteiger partial charge in [0.1, 0.15) is 12.3 Å². The van der Waals surface area contributed by atoms with E-state index in [0.717, 1.165) is 23.5 Å². The number of thioether (sulfide) groups is 1. The standard InChI is InChI=1S/C22H25N5O2S/c1-29-19-10-6-17(7-11-19)21-24-22(26-25-21)30-15-20(28)23-18-8-4-16(5-9-18)14-27-12-2-3-13-27/h4-11H,2-3,12-15H2,1H3,(H,23,28)(H,24,25,26)/p+1. The largest absolute Gasteiger partial charge is 0.497 e. The van der Waals surface area contributed by atoms with E-state index in [2.05, 4.69) is 32.6 Å². The molecule has 0 spiro atoms. The summed E-state index contributed by atoms with van der Waals surface area (Å²) in [6.45, 7) is 3.58. The average Bonchev–Trinajstić information content (AvgIpc) is 3.46. The van der Waals surface area contributed by atoms with Crippen LogP contribution in [0.25, 0.3) is 11.4 Å². The second-order valence-corrected chi connectivity index (χ2v) is 8.31. The number of likely N-dealkylation sites (tertiary alicyclic amines) is 1. The molecule has 1 aliphatic rings. The van der Waals surface area contributed by atoms with E-state index in [9.17, 15) is 4.79 Å². The number of carbonyl (C=O) groups excluding carboxylic acids is 1. The van der Waals surface area contributed by atoms with Crippen LogP contribution < -0.4 is 15.0 Å². The lowest BCUT2D eigenvalue weighted by atomic mass is 10.2. The molecule has 1 saturated heterocycles. The molecular weight excluding hydrogens is 398 g/mol. The number of nitrogens with zero attached hydrogens (tertiary/aromatic N) is 2. The zero-order valence-corrected chi connectivity index (χ0v) is 17.8. The lowest BCUT2D eigenvalue weighted by Crippen LogP contribution is -3.08. The molecule has 30 heavy (non-hydrogen) atoms. The number of methoxy groups -OCH3 is 1. The van der Waals surface area contributed by atoms with E-state index >= 15 is 0 Å². The molecule has 1 fully saturated rings. The molecule has 1 aromatic heterocycles. The maximum atomic E-state index is 12.3. The highest BCUT2D eigenvalue weighted by atomic mass is 32.2. The number of hydrogen-bond acceptors (Lipinski definition) is 5. The number of ether oxygens (including phenoxy) is 1. The van der Waals surface area contributed by atoms with Gasteiger partial charge in [-0.2, -0.15) is 0 Å². The van der Waals surface area contributed by atoms with Crippen LogP contribution in [-0.2, 0) is 11.3 Å². The summed E-state index contributed by atoms with van der Waals surface area (Å²) in [5.74, 6) is 1.62. The van der Waals surface area contributed by atoms with Crippen molar-refractivity contribution in [2.75, 3.05) is 31.3 Å². The van der Waals surface area contributed by atoms with Crippen LogP contribution in [0.3, 0.4) is 0 Å². The number of anilines is 1. The summed E-state index contributed by atoms with van der Waals surface area (Å²) in [5.41, 5.74) is 3.04. The van der Waals surface area contributed by atoms with Gasteiger partial charge in [-0.15, -0.1) is 5.10 Å². The number of hydrogen-bond donors (Lipinski definition) is 3. The fourth-order valence-electron chi connectivity index (χ4n) is 3.56. The quantitative estimate of drug-likeness (QED) is 0.484. The Morgan fingerprint density at radius 3 is 2.57 bits per heavy atom. The van der Waals surface area contributed by atoms with Crippen molar-refractivity contribution in [2.24, 2.45) is 0 Å². The van der Waals surface area contributed by atoms with Crippen molar-refractivity contribution in [3.8, 4) is 17.1 Å². The average molecular weight is 425 g/mol. The molecular formula is C22H26N5O2S+. The predicted octanol–water partition coefficient (Wildman–Crippen LogP) is 2.39. The summed E-state index contributed by atoms with van der Waals surface area (Å²) in [7, 11) is 1.63. The van der Waals surface area contributed by atoms with Crippen molar-refractivity contribution >= 4 is 23.4 Å². The van der Waals surface area contributed by atoms with Crippen molar-refractivity contribution in [1.82, 2.24) is 15.2 Å². The third-order valence-corrected chi connectivity index (χ3v) is 6.01. The first-order valence-electron chi connectivity index (χ1n) is 10.1. The minimum absolute atomic E-state index is 0.0753. The molecule has 8 heteroatoms. The van der Waals surface area contributed by atoms with Gasteiger partial charge in [-0.3, -0.25) is 9.89 Å². The zero-order chi connectivity index (χ0) is 20.8. The highest BCUT2D eigenvalue weighted by molar-refractivity contribution is 7.99. The number of rotatable bonds is 8. The molecule has 3 aromatic rings. The van der Waals surface area contributed by atoms with Crippen LogP contribution in [0.15, 0.2) is 53.7 Å². The predicted molar refractivity (Wildman–Crippen MR) is 118 cm³/mol. The number of amides is 1. The molecule has 1 amide bonds. The minimum atomic E-state index is -0.0753. The molecule has 3 N–H and O–H groups in total. The fraction of sp³-hybridized carbons (Fsp3) is 0.318. The van der Waals surface area contributed by atoms with Crippen molar-refractivity contribution in [3.05, 3.63) is 54.1 Å². The van der Waals surface area contributed by atoms with Crippen molar-refractivity contribution < 1.29 is 14.4 Å². The first-order chi connectivity index (χ1) is 14.7. The summed E-state index contributed by atoms with van der Waals surface area (Å²) in [6.07, 6.45) is 2.65. The van der Waals surface area contributed by atoms with Crippen LogP contribution in [0.4, 0.5) is 5.69 Å². The number of aromatic nitrogens is 3. The molecule has 0 atom stereocenters. The Balaban J connectivity index is 1.26. The van der Waals surface area contributed by atoms with Gasteiger partial charge in [0.25, 0.3) is 0 Å². The fourth-order valence-corrected chi connectivity index (χ4v) is 4.16. The van der Waals surface area contributed by atoms with E-state index in [-0.39, 0.29) is 11.7 Å². The van der Waals surface area contributed by atoms with Gasteiger partial charge >= 0.3 is 0 Å². The van der Waals surface area contributed by atoms with E-state index < -0.39 is 0 Å². The summed E-state index contributed by atoms with van der Waals surface area (Å²) in [4.78, 5) is 18.4. The second-order valence-electron chi connectivity index (χ2n) is 7.36. The molecule has 2 heterocycles. The van der Waals surface area contributed by atoms with Gasteiger partial charge in [-0.05, 0) is 36.4 Å². The molecule has 0 saturated carbocycles. The number of benzene rings is 2. The molecule has 0 radical (unpaired) electrons. The topological polar surface area (TPSA) is 84.3 Å². The Hall–Kier alpha value is -2.84. The van der Waals surface area contributed by atoms with Crippen LogP contribution in [0.2, 0.25) is 0 Å². The maximum absolute atomic E-state index is 12.3. The number of nitrogens with one attached hydrogen (secondary N) is 3. The molecule has 7 nitrogen and oxygen atoms in total. The Kier molecular flexibility index (Phi) is 6.66. The third-order valence-electron chi connectivity index (χ3n) is 5.16. The molecule has 1 aliphatic heterocycles. The second kappa shape index (κ2) is 9.77. The summed E-state index contributed by atoms with van der Waals surface area (Å²) in [5, 5.41) is 10.6. The SMILES string of the molecule is COc1ccc(-c2nc(SCC(=O)Nc3ccc(C[NH+]4CCCC4)cc3)n[nH]2)cc1. The minimum Gasteiger partial charge on any atom is -0.497 e. The van der Waals surface area contributed by atoms with E-state index in [1.54, 1.807) is 12.0 Å². The summed E-state index contributed by atoms with van der Waals surface area (Å²) >= 11 is 1.30. The van der Waals surface area contributed by atoms with E-state index in [4.69, 9.17) is 4.74 Å². The molecule has 2 aromatic carbocycles. The van der Waals surface area contributed by atoms with Gasteiger partial charge in [0.15, 0.2) is 5.82 Å². The number of carbonyl (C=O) groups is 1. The van der Waals surface area contributed by atoms with Crippen LogP contribution in [0.1, 0.15) is 18.4 Å². The highest BCUT2D eigenvalue weighted by Gasteiger charge is 2.15. The highest BCUT2D eigenvalue weighted by Crippen LogP contribution is 2.22. The maximum Gasteiger partial charge on any atom is 0.234 e. The summed E-state index contributed by atoms with van der Waals surface area (Å²) < 4.78 is 5.16. The van der Waals surface area contributed by atoms with Crippen molar-refractivity contribution in [3.63, 3.8) is 0 Å². The lowest BCUT2D eigenvalue weighted by Gasteiger charge is -2.12. The smallest absolute Gasteiger partial charge is 0.234 e. The van der Waals surface area contributed by atoms with Gasteiger partial charge in [0.05, 0.1) is 26.0 Å². The first-order valence-corrected chi connectivity index (χ1v) is 11.1. The molecule has 4 rings (SSSR count). The van der Waals surface area contributed by atoms with Gasteiger partial charge in [0, 0.05) is 29.7 Å². The third kappa shape index (κ3) is 5.40. The summed E-state index contributed by atoms with van der Waals surface area (Å²) in [6, 6.07) is 15.7. The van der Waals surface area contributed by atoms with Gasteiger partial charge in [0.2, 0.25) is 11.1 Å². The molecule has 156 valence electrons. The Morgan fingerprint density at radius 1 is 1.13 bits per heavy atom. The van der Waals surface area contributed by atoms with Crippen LogP contribution in [0, 0.1) is 0 Å². The number of aromatic amines is 1. The first kappa shape index (κ1) is 20.4. The Morgan fingerprint density at radius 2 is 1.87 bits per heavy atom. The number of quaternary nitrogens is 1. The van der Waals surface area contributed by atoms with Crippen LogP contribution >= 0.6 is 11.8 Å². The Bertz CT molecular complexity index is 966. The molecule has 0 unspecified atom stereocenters. The lowest BCUT2D eigenvalue weighted by molar-refractivity contribution is -0.901. The Labute approximate surface area is 180 Å².